The number of carbonyl (C=O) groups is 1. The van der Waals surface area contributed by atoms with E-state index < -0.39 is 0 Å². The first-order valence-corrected chi connectivity index (χ1v) is 6.26. The number of nitrogens with zero attached hydrogens (tertiary/aromatic N) is 1. The first-order chi connectivity index (χ1) is 8.47. The molecule has 1 amide bonds. The van der Waals surface area contributed by atoms with Crippen LogP contribution in [-0.2, 0) is 11.2 Å². The number of nitrogens with two attached hydrogens (primary N) is 1. The minimum absolute atomic E-state index is 0.0983. The van der Waals surface area contributed by atoms with Gasteiger partial charge in [-0.1, -0.05) is 12.1 Å². The molecule has 3 N–H and O–H groups in total. The average Bonchev–Trinajstić information content (AvgIpc) is 2.27. The van der Waals surface area contributed by atoms with Crippen LogP contribution in [0.5, 0.6) is 0 Å². The minimum Gasteiger partial charge on any atom is -0.399 e. The average molecular weight is 249 g/mol. The Morgan fingerprint density at radius 1 is 1.33 bits per heavy atom. The number of aryl methyl sites for hydroxylation is 1. The van der Waals surface area contributed by atoms with E-state index in [1.54, 1.807) is 0 Å². The molecule has 1 rings (SSSR count). The van der Waals surface area contributed by atoms with Crippen molar-refractivity contribution in [3.05, 3.63) is 29.8 Å². The molecular weight excluding hydrogens is 226 g/mol. The third kappa shape index (κ3) is 5.68. The number of anilines is 1. The van der Waals surface area contributed by atoms with Crippen LogP contribution < -0.4 is 11.1 Å². The van der Waals surface area contributed by atoms with E-state index in [1.165, 1.54) is 0 Å². The van der Waals surface area contributed by atoms with Crippen LogP contribution >= 0.6 is 0 Å². The minimum atomic E-state index is 0.0983. The van der Waals surface area contributed by atoms with Crippen LogP contribution in [-0.4, -0.2) is 37.5 Å². The summed E-state index contributed by atoms with van der Waals surface area (Å²) in [5, 5.41) is 2.99. The van der Waals surface area contributed by atoms with E-state index in [-0.39, 0.29) is 11.9 Å². The fraction of sp³-hybridized carbons (Fsp3) is 0.500. The van der Waals surface area contributed by atoms with Crippen molar-refractivity contribution in [3.63, 3.8) is 0 Å². The van der Waals surface area contributed by atoms with Gasteiger partial charge in [-0.25, -0.2) is 0 Å². The van der Waals surface area contributed by atoms with Gasteiger partial charge in [-0.15, -0.1) is 0 Å². The molecule has 0 aromatic heterocycles. The van der Waals surface area contributed by atoms with Crippen LogP contribution in [0.2, 0.25) is 0 Å². The van der Waals surface area contributed by atoms with Crippen molar-refractivity contribution in [2.24, 2.45) is 0 Å². The molecule has 100 valence electrons. The number of nitrogen functional groups attached to an aromatic ring is 1. The highest BCUT2D eigenvalue weighted by Gasteiger charge is 2.08. The molecule has 0 aliphatic rings. The normalized spacial score (nSPS) is 12.4. The Morgan fingerprint density at radius 3 is 2.50 bits per heavy atom. The van der Waals surface area contributed by atoms with E-state index in [1.807, 2.05) is 45.3 Å². The largest absolute Gasteiger partial charge is 0.399 e. The summed E-state index contributed by atoms with van der Waals surface area (Å²) in [6, 6.07) is 7.83. The summed E-state index contributed by atoms with van der Waals surface area (Å²) in [7, 11) is 3.99. The van der Waals surface area contributed by atoms with Crippen molar-refractivity contribution < 1.29 is 4.79 Å². The maximum absolute atomic E-state index is 11.7. The van der Waals surface area contributed by atoms with Crippen molar-refractivity contribution in [2.45, 2.75) is 25.8 Å². The number of carbonyl (C=O) groups excluding carboxylic acids is 1. The second kappa shape index (κ2) is 7.01. The maximum atomic E-state index is 11.7. The second-order valence-corrected chi connectivity index (χ2v) is 4.97. The van der Waals surface area contributed by atoms with E-state index in [9.17, 15) is 4.79 Å². The number of likely N-dealkylation sites (N-methyl/N-ethyl adjacent to an activating group) is 1. The van der Waals surface area contributed by atoms with E-state index in [4.69, 9.17) is 5.73 Å². The lowest BCUT2D eigenvalue weighted by Crippen LogP contribution is -2.39. The van der Waals surface area contributed by atoms with Crippen LogP contribution in [0.1, 0.15) is 18.9 Å². The van der Waals surface area contributed by atoms with Crippen molar-refractivity contribution >= 4 is 11.6 Å². The fourth-order valence-corrected chi connectivity index (χ4v) is 1.88. The predicted octanol–water partition coefficient (Wildman–Crippen LogP) is 1.27. The van der Waals surface area contributed by atoms with Gasteiger partial charge in [0, 0.05) is 24.7 Å². The number of hydrogen-bond acceptors (Lipinski definition) is 3. The lowest BCUT2D eigenvalue weighted by molar-refractivity contribution is -0.121. The lowest BCUT2D eigenvalue weighted by atomic mass is 10.1. The van der Waals surface area contributed by atoms with E-state index in [0.717, 1.165) is 24.2 Å². The SMILES string of the molecule is CC(CN(C)C)NC(=O)CCc1ccc(N)cc1. The highest BCUT2D eigenvalue weighted by atomic mass is 16.1. The summed E-state index contributed by atoms with van der Waals surface area (Å²) < 4.78 is 0. The molecule has 4 heteroatoms. The molecule has 4 nitrogen and oxygen atoms in total. The lowest BCUT2D eigenvalue weighted by Gasteiger charge is -2.18. The molecule has 1 atom stereocenters. The third-order valence-electron chi connectivity index (χ3n) is 2.67. The van der Waals surface area contributed by atoms with Crippen molar-refractivity contribution in [2.75, 3.05) is 26.4 Å². The van der Waals surface area contributed by atoms with Gasteiger partial charge in [0.15, 0.2) is 0 Å². The number of rotatable bonds is 6. The second-order valence-electron chi connectivity index (χ2n) is 4.97. The molecular formula is C14H23N3O. The van der Waals surface area contributed by atoms with Gasteiger partial charge in [0.05, 0.1) is 0 Å². The van der Waals surface area contributed by atoms with Gasteiger partial charge in [0.25, 0.3) is 0 Å². The highest BCUT2D eigenvalue weighted by molar-refractivity contribution is 5.76. The maximum Gasteiger partial charge on any atom is 0.220 e. The Labute approximate surface area is 109 Å². The highest BCUT2D eigenvalue weighted by Crippen LogP contribution is 2.07. The first kappa shape index (κ1) is 14.5. The number of nitrogens with one attached hydrogen (secondary N) is 1. The molecule has 0 fully saturated rings. The summed E-state index contributed by atoms with van der Waals surface area (Å²) in [6.45, 7) is 2.87. The molecule has 0 saturated heterocycles. The molecule has 0 bridgehead atoms. The zero-order valence-corrected chi connectivity index (χ0v) is 11.4. The van der Waals surface area contributed by atoms with Crippen molar-refractivity contribution in [1.82, 2.24) is 10.2 Å². The topological polar surface area (TPSA) is 58.4 Å². The monoisotopic (exact) mass is 249 g/mol. The zero-order chi connectivity index (χ0) is 13.5. The van der Waals surface area contributed by atoms with E-state index in [0.29, 0.717) is 6.42 Å². The molecule has 1 unspecified atom stereocenters. The van der Waals surface area contributed by atoms with Gasteiger partial charge in [-0.2, -0.15) is 0 Å². The molecule has 0 aliphatic carbocycles. The molecule has 0 radical (unpaired) electrons. The van der Waals surface area contributed by atoms with Crippen molar-refractivity contribution in [3.8, 4) is 0 Å². The summed E-state index contributed by atoms with van der Waals surface area (Å²) >= 11 is 0. The fourth-order valence-electron chi connectivity index (χ4n) is 1.88. The Morgan fingerprint density at radius 2 is 1.94 bits per heavy atom. The van der Waals surface area contributed by atoms with Crippen LogP contribution in [0.25, 0.3) is 0 Å². The van der Waals surface area contributed by atoms with Crippen LogP contribution in [0.3, 0.4) is 0 Å². The Bertz CT molecular complexity index is 373. The third-order valence-corrected chi connectivity index (χ3v) is 2.67. The van der Waals surface area contributed by atoms with Crippen LogP contribution in [0, 0.1) is 0 Å². The molecule has 1 aromatic carbocycles. The Balaban J connectivity index is 2.30. The van der Waals surface area contributed by atoms with Gasteiger partial charge < -0.3 is 16.0 Å². The number of benzene rings is 1. The quantitative estimate of drug-likeness (QED) is 0.746. The summed E-state index contributed by atoms with van der Waals surface area (Å²) in [5.41, 5.74) is 7.50. The summed E-state index contributed by atoms with van der Waals surface area (Å²) in [4.78, 5) is 13.8. The van der Waals surface area contributed by atoms with Crippen molar-refractivity contribution in [1.29, 1.82) is 0 Å². The summed E-state index contributed by atoms with van der Waals surface area (Å²) in [6.07, 6.45) is 1.27. The van der Waals surface area contributed by atoms with Gasteiger partial charge in [0.2, 0.25) is 5.91 Å². The molecule has 1 aromatic rings. The number of hydrogen-bond donors (Lipinski definition) is 2. The standard InChI is InChI=1S/C14H23N3O/c1-11(10-17(2)3)16-14(18)9-6-12-4-7-13(15)8-5-12/h4-5,7-8,11H,6,9-10,15H2,1-3H3,(H,16,18). The molecule has 0 aliphatic heterocycles. The zero-order valence-electron chi connectivity index (χ0n) is 11.4. The summed E-state index contributed by atoms with van der Waals surface area (Å²) in [5.74, 6) is 0.0983. The van der Waals surface area contributed by atoms with Gasteiger partial charge in [0.1, 0.15) is 0 Å². The van der Waals surface area contributed by atoms with E-state index in [2.05, 4.69) is 10.2 Å². The molecule has 0 heterocycles. The van der Waals surface area contributed by atoms with Crippen LogP contribution in [0.15, 0.2) is 24.3 Å². The van der Waals surface area contributed by atoms with Crippen LogP contribution in [0.4, 0.5) is 5.69 Å². The number of amides is 1. The van der Waals surface area contributed by atoms with Gasteiger partial charge in [-0.05, 0) is 45.1 Å². The molecule has 0 saturated carbocycles. The van der Waals surface area contributed by atoms with Gasteiger partial charge >= 0.3 is 0 Å². The van der Waals surface area contributed by atoms with E-state index >= 15 is 0 Å². The Hall–Kier alpha value is -1.55. The first-order valence-electron chi connectivity index (χ1n) is 6.26. The van der Waals surface area contributed by atoms with Gasteiger partial charge in [-0.3, -0.25) is 4.79 Å². The molecule has 0 spiro atoms. The molecule has 18 heavy (non-hydrogen) atoms. The Kier molecular flexibility index (Phi) is 5.65. The predicted molar refractivity (Wildman–Crippen MR) is 75.3 cm³/mol. The smallest absolute Gasteiger partial charge is 0.220 e.